The van der Waals surface area contributed by atoms with E-state index >= 15 is 0 Å². The highest BCUT2D eigenvalue weighted by Crippen LogP contribution is 2.32. The fourth-order valence-corrected chi connectivity index (χ4v) is 2.92. The minimum Gasteiger partial charge on any atom is -0.478 e. The van der Waals surface area contributed by atoms with Crippen LogP contribution in [0.4, 0.5) is 0 Å². The third kappa shape index (κ3) is 3.70. The second-order valence-electron chi connectivity index (χ2n) is 6.02. The Morgan fingerprint density at radius 3 is 2.59 bits per heavy atom. The number of hydrogen-bond donors (Lipinski definition) is 2. The van der Waals surface area contributed by atoms with E-state index in [9.17, 15) is 9.59 Å². The monoisotopic (exact) mass is 307 g/mol. The molecule has 1 aliphatic carbocycles. The molecule has 2 rings (SSSR count). The van der Waals surface area contributed by atoms with Gasteiger partial charge in [0, 0.05) is 18.5 Å². The number of aryl methyl sites for hydroxylation is 1. The highest BCUT2D eigenvalue weighted by atomic mass is 16.4. The van der Waals surface area contributed by atoms with Crippen molar-refractivity contribution in [1.29, 1.82) is 0 Å². The molecule has 5 nitrogen and oxygen atoms in total. The van der Waals surface area contributed by atoms with Crippen molar-refractivity contribution in [2.45, 2.75) is 64.8 Å². The molecule has 1 amide bonds. The molecule has 0 bridgehead atoms. The summed E-state index contributed by atoms with van der Waals surface area (Å²) in [7, 11) is 0. The van der Waals surface area contributed by atoms with Crippen LogP contribution in [0.1, 0.15) is 79.0 Å². The van der Waals surface area contributed by atoms with Gasteiger partial charge in [-0.3, -0.25) is 4.79 Å². The maximum atomic E-state index is 12.4. The second kappa shape index (κ2) is 7.47. The van der Waals surface area contributed by atoms with Gasteiger partial charge in [-0.1, -0.05) is 33.1 Å². The van der Waals surface area contributed by atoms with Gasteiger partial charge in [0.2, 0.25) is 0 Å². The van der Waals surface area contributed by atoms with E-state index < -0.39 is 5.97 Å². The van der Waals surface area contributed by atoms with Crippen molar-refractivity contribution in [2.24, 2.45) is 5.92 Å². The first-order chi connectivity index (χ1) is 10.6. The molecular weight excluding hydrogens is 282 g/mol. The van der Waals surface area contributed by atoms with Gasteiger partial charge in [0.05, 0.1) is 0 Å². The number of carboxylic acid groups (broad SMARTS) is 1. The smallest absolute Gasteiger partial charge is 0.339 e. The molecule has 1 heterocycles. The number of nitrogens with one attached hydrogen (secondary N) is 1. The Labute approximate surface area is 131 Å². The van der Waals surface area contributed by atoms with Crippen molar-refractivity contribution < 1.29 is 19.1 Å². The molecule has 1 saturated carbocycles. The first-order valence-electron chi connectivity index (χ1n) is 8.23. The minimum absolute atomic E-state index is 0.0846. The lowest BCUT2D eigenvalue weighted by atomic mass is 9.78. The molecule has 1 fully saturated rings. The molecule has 22 heavy (non-hydrogen) atoms. The van der Waals surface area contributed by atoms with Crippen molar-refractivity contribution >= 4 is 11.9 Å². The number of aromatic carboxylic acids is 1. The zero-order valence-corrected chi connectivity index (χ0v) is 13.4. The molecular formula is C17H25NO4. The zero-order chi connectivity index (χ0) is 16.1. The van der Waals surface area contributed by atoms with Gasteiger partial charge in [0.25, 0.3) is 5.91 Å². The third-order valence-electron chi connectivity index (χ3n) is 4.49. The highest BCUT2D eigenvalue weighted by molar-refractivity contribution is 5.96. The molecule has 1 aromatic rings. The van der Waals surface area contributed by atoms with E-state index in [1.54, 1.807) is 0 Å². The standard InChI is InChI=1S/C17H25NO4/c1-3-5-9-13(11-7-6-8-11)18-16(19)15-10-12(17(20)21)14(4-2)22-15/h10-11,13H,3-9H2,1-2H3,(H,18,19)(H,20,21). The van der Waals surface area contributed by atoms with E-state index in [1.165, 1.54) is 12.5 Å². The number of carboxylic acids is 1. The van der Waals surface area contributed by atoms with Crippen molar-refractivity contribution in [3.8, 4) is 0 Å². The predicted molar refractivity (Wildman–Crippen MR) is 83.2 cm³/mol. The molecule has 0 saturated heterocycles. The Hall–Kier alpha value is -1.78. The van der Waals surface area contributed by atoms with Crippen LogP contribution >= 0.6 is 0 Å². The number of unbranched alkanes of at least 4 members (excludes halogenated alkanes) is 1. The van der Waals surface area contributed by atoms with Crippen molar-refractivity contribution in [3.63, 3.8) is 0 Å². The first-order valence-corrected chi connectivity index (χ1v) is 8.23. The van der Waals surface area contributed by atoms with Gasteiger partial charge in [-0.25, -0.2) is 4.79 Å². The molecule has 122 valence electrons. The van der Waals surface area contributed by atoms with Crippen LogP contribution in [0.2, 0.25) is 0 Å². The first kappa shape index (κ1) is 16.6. The van der Waals surface area contributed by atoms with Crippen LogP contribution < -0.4 is 5.32 Å². The van der Waals surface area contributed by atoms with Crippen LogP contribution in [-0.4, -0.2) is 23.0 Å². The van der Waals surface area contributed by atoms with E-state index in [2.05, 4.69) is 12.2 Å². The largest absolute Gasteiger partial charge is 0.478 e. The number of carbonyl (C=O) groups excluding carboxylic acids is 1. The van der Waals surface area contributed by atoms with E-state index in [-0.39, 0.29) is 23.3 Å². The quantitative estimate of drug-likeness (QED) is 0.768. The molecule has 1 aliphatic rings. The second-order valence-corrected chi connectivity index (χ2v) is 6.02. The fraction of sp³-hybridized carbons (Fsp3) is 0.647. The molecule has 1 atom stereocenters. The molecule has 1 unspecified atom stereocenters. The molecule has 0 spiro atoms. The SMILES string of the molecule is CCCCC(NC(=O)c1cc(C(=O)O)c(CC)o1)C1CCC1. The fourth-order valence-electron chi connectivity index (χ4n) is 2.92. The van der Waals surface area contributed by atoms with Gasteiger partial charge in [0.15, 0.2) is 5.76 Å². The summed E-state index contributed by atoms with van der Waals surface area (Å²) >= 11 is 0. The number of carbonyl (C=O) groups is 2. The Morgan fingerprint density at radius 1 is 1.41 bits per heavy atom. The highest BCUT2D eigenvalue weighted by Gasteiger charge is 2.29. The van der Waals surface area contributed by atoms with E-state index in [0.717, 1.165) is 32.1 Å². The van der Waals surface area contributed by atoms with E-state index in [0.29, 0.717) is 18.1 Å². The Morgan fingerprint density at radius 2 is 2.14 bits per heavy atom. The number of furan rings is 1. The van der Waals surface area contributed by atoms with Gasteiger partial charge in [-0.05, 0) is 25.2 Å². The summed E-state index contributed by atoms with van der Waals surface area (Å²) in [5.74, 6) is -0.340. The van der Waals surface area contributed by atoms with Gasteiger partial charge in [-0.2, -0.15) is 0 Å². The zero-order valence-electron chi connectivity index (χ0n) is 13.4. The maximum Gasteiger partial charge on any atom is 0.339 e. The summed E-state index contributed by atoms with van der Waals surface area (Å²) in [6.45, 7) is 3.95. The van der Waals surface area contributed by atoms with Gasteiger partial charge in [0.1, 0.15) is 11.3 Å². The lowest BCUT2D eigenvalue weighted by Crippen LogP contribution is -2.42. The summed E-state index contributed by atoms with van der Waals surface area (Å²) in [4.78, 5) is 23.5. The third-order valence-corrected chi connectivity index (χ3v) is 4.49. The Balaban J connectivity index is 2.07. The Bertz CT molecular complexity index is 531. The summed E-state index contributed by atoms with van der Waals surface area (Å²) in [6, 6.07) is 1.51. The van der Waals surface area contributed by atoms with Crippen molar-refractivity contribution in [1.82, 2.24) is 5.32 Å². The minimum atomic E-state index is -1.05. The number of amides is 1. The van der Waals surface area contributed by atoms with Crippen LogP contribution in [0, 0.1) is 5.92 Å². The average molecular weight is 307 g/mol. The summed E-state index contributed by atoms with van der Waals surface area (Å²) in [5, 5.41) is 12.2. The summed E-state index contributed by atoms with van der Waals surface area (Å²) in [5.41, 5.74) is 0.0846. The predicted octanol–water partition coefficient (Wildman–Crippen LogP) is 3.63. The van der Waals surface area contributed by atoms with E-state index in [1.807, 2.05) is 6.92 Å². The molecule has 2 N–H and O–H groups in total. The topological polar surface area (TPSA) is 79.5 Å². The molecule has 0 aliphatic heterocycles. The van der Waals surface area contributed by atoms with Crippen LogP contribution in [-0.2, 0) is 6.42 Å². The number of hydrogen-bond acceptors (Lipinski definition) is 3. The average Bonchev–Trinajstić information content (AvgIpc) is 2.87. The van der Waals surface area contributed by atoms with E-state index in [4.69, 9.17) is 9.52 Å². The molecule has 1 aromatic heterocycles. The van der Waals surface area contributed by atoms with Crippen LogP contribution in [0.3, 0.4) is 0 Å². The number of rotatable bonds is 8. The lowest BCUT2D eigenvalue weighted by Gasteiger charge is -2.34. The molecule has 0 radical (unpaired) electrons. The van der Waals surface area contributed by atoms with Crippen molar-refractivity contribution in [2.75, 3.05) is 0 Å². The molecule has 5 heteroatoms. The summed E-state index contributed by atoms with van der Waals surface area (Å²) in [6.07, 6.45) is 7.16. The van der Waals surface area contributed by atoms with Gasteiger partial charge >= 0.3 is 5.97 Å². The maximum absolute atomic E-state index is 12.4. The van der Waals surface area contributed by atoms with Crippen LogP contribution in [0.25, 0.3) is 0 Å². The van der Waals surface area contributed by atoms with Gasteiger partial charge < -0.3 is 14.8 Å². The Kier molecular flexibility index (Phi) is 5.63. The normalized spacial score (nSPS) is 16.1. The van der Waals surface area contributed by atoms with Crippen LogP contribution in [0.5, 0.6) is 0 Å². The van der Waals surface area contributed by atoms with Crippen LogP contribution in [0.15, 0.2) is 10.5 Å². The summed E-state index contributed by atoms with van der Waals surface area (Å²) < 4.78 is 5.43. The lowest BCUT2D eigenvalue weighted by molar-refractivity contribution is 0.0694. The van der Waals surface area contributed by atoms with Crippen molar-refractivity contribution in [3.05, 3.63) is 23.2 Å². The van der Waals surface area contributed by atoms with Gasteiger partial charge in [-0.15, -0.1) is 0 Å². The molecule has 0 aromatic carbocycles.